The van der Waals surface area contributed by atoms with Gasteiger partial charge in [-0.3, -0.25) is 9.48 Å². The minimum absolute atomic E-state index is 0.0820. The molecule has 2 N–H and O–H groups in total. The first-order valence-corrected chi connectivity index (χ1v) is 5.64. The Morgan fingerprint density at radius 2 is 2.19 bits per heavy atom. The molecular formula is C11H17N3O2. The van der Waals surface area contributed by atoms with Crippen molar-refractivity contribution in [2.45, 2.75) is 37.8 Å². The van der Waals surface area contributed by atoms with Gasteiger partial charge in [0.2, 0.25) is 0 Å². The highest BCUT2D eigenvalue weighted by atomic mass is 16.3. The summed E-state index contributed by atoms with van der Waals surface area (Å²) in [6.45, 7) is 0. The van der Waals surface area contributed by atoms with Crippen LogP contribution in [-0.4, -0.2) is 32.9 Å². The number of nitrogens with zero attached hydrogens (tertiary/aromatic N) is 2. The summed E-state index contributed by atoms with van der Waals surface area (Å²) in [5, 5.41) is 16.3. The van der Waals surface area contributed by atoms with Gasteiger partial charge in [0.1, 0.15) is 5.69 Å². The fraction of sp³-hybridized carbons (Fsp3) is 0.636. The van der Waals surface area contributed by atoms with Gasteiger partial charge < -0.3 is 10.4 Å². The molecule has 0 aliphatic heterocycles. The number of hydrogen-bond acceptors (Lipinski definition) is 3. The number of aryl methyl sites for hydroxylation is 1. The molecule has 0 saturated heterocycles. The van der Waals surface area contributed by atoms with E-state index in [0.717, 1.165) is 25.7 Å². The Labute approximate surface area is 94.5 Å². The van der Waals surface area contributed by atoms with Gasteiger partial charge in [-0.1, -0.05) is 0 Å². The maximum atomic E-state index is 11.8. The lowest BCUT2D eigenvalue weighted by molar-refractivity contribution is 0.0859. The Bertz CT molecular complexity index is 367. The van der Waals surface area contributed by atoms with Gasteiger partial charge in [0.25, 0.3) is 5.91 Å². The van der Waals surface area contributed by atoms with E-state index in [2.05, 4.69) is 10.4 Å². The van der Waals surface area contributed by atoms with Gasteiger partial charge in [-0.15, -0.1) is 0 Å². The van der Waals surface area contributed by atoms with Crippen LogP contribution in [0.2, 0.25) is 0 Å². The van der Waals surface area contributed by atoms with Gasteiger partial charge in [0.15, 0.2) is 0 Å². The van der Waals surface area contributed by atoms with Gasteiger partial charge in [-0.2, -0.15) is 5.10 Å². The standard InChI is InChI=1S/C11H17N3O2/c1-14-10(6-7-12-14)11(16)13-8-2-4-9(15)5-3-8/h6-9,15H,2-5H2,1H3,(H,13,16). The third kappa shape index (κ3) is 2.41. The number of aliphatic hydroxyl groups is 1. The molecule has 0 bridgehead atoms. The molecule has 1 heterocycles. The van der Waals surface area contributed by atoms with Crippen molar-refractivity contribution in [1.29, 1.82) is 0 Å². The number of carbonyl (C=O) groups is 1. The van der Waals surface area contributed by atoms with Crippen LogP contribution in [0.15, 0.2) is 12.3 Å². The number of aliphatic hydroxyl groups excluding tert-OH is 1. The van der Waals surface area contributed by atoms with Gasteiger partial charge in [0, 0.05) is 19.3 Å². The van der Waals surface area contributed by atoms with E-state index >= 15 is 0 Å². The van der Waals surface area contributed by atoms with E-state index in [9.17, 15) is 9.90 Å². The largest absolute Gasteiger partial charge is 0.393 e. The molecule has 88 valence electrons. The second-order valence-corrected chi connectivity index (χ2v) is 4.32. The van der Waals surface area contributed by atoms with E-state index in [1.165, 1.54) is 0 Å². The van der Waals surface area contributed by atoms with E-state index in [1.54, 1.807) is 24.0 Å². The van der Waals surface area contributed by atoms with Crippen LogP contribution >= 0.6 is 0 Å². The fourth-order valence-electron chi connectivity index (χ4n) is 2.08. The summed E-state index contributed by atoms with van der Waals surface area (Å²) < 4.78 is 1.56. The van der Waals surface area contributed by atoms with Gasteiger partial charge in [-0.05, 0) is 31.7 Å². The quantitative estimate of drug-likeness (QED) is 0.765. The molecule has 0 unspecified atom stereocenters. The third-order valence-corrected chi connectivity index (χ3v) is 3.09. The number of carbonyl (C=O) groups excluding carboxylic acids is 1. The van der Waals surface area contributed by atoms with Gasteiger partial charge >= 0.3 is 0 Å². The average Bonchev–Trinajstić information content (AvgIpc) is 2.68. The summed E-state index contributed by atoms with van der Waals surface area (Å²) in [7, 11) is 1.75. The second kappa shape index (κ2) is 4.65. The number of hydrogen-bond donors (Lipinski definition) is 2. The SMILES string of the molecule is Cn1nccc1C(=O)NC1CCC(O)CC1. The summed E-state index contributed by atoms with van der Waals surface area (Å²) in [5.74, 6) is -0.0820. The molecule has 1 fully saturated rings. The summed E-state index contributed by atoms with van der Waals surface area (Å²) in [4.78, 5) is 11.8. The van der Waals surface area contributed by atoms with Crippen LogP contribution < -0.4 is 5.32 Å². The minimum Gasteiger partial charge on any atom is -0.393 e. The van der Waals surface area contributed by atoms with Crippen LogP contribution in [0.4, 0.5) is 0 Å². The molecule has 1 aliphatic rings. The Hall–Kier alpha value is -1.36. The Balaban J connectivity index is 1.91. The molecule has 5 nitrogen and oxygen atoms in total. The molecule has 16 heavy (non-hydrogen) atoms. The molecule has 1 amide bonds. The van der Waals surface area contributed by atoms with Crippen LogP contribution in [0.25, 0.3) is 0 Å². The first-order chi connectivity index (χ1) is 7.66. The van der Waals surface area contributed by atoms with E-state index in [0.29, 0.717) is 5.69 Å². The number of rotatable bonds is 2. The predicted octanol–water partition coefficient (Wildman–Crippen LogP) is 0.453. The molecule has 1 aliphatic carbocycles. The Morgan fingerprint density at radius 1 is 1.50 bits per heavy atom. The summed E-state index contributed by atoms with van der Waals surface area (Å²) >= 11 is 0. The lowest BCUT2D eigenvalue weighted by Gasteiger charge is -2.26. The molecule has 0 spiro atoms. The molecule has 1 aromatic rings. The van der Waals surface area contributed by atoms with Crippen LogP contribution in [-0.2, 0) is 7.05 Å². The molecule has 1 saturated carbocycles. The van der Waals surface area contributed by atoms with Crippen LogP contribution in [0, 0.1) is 0 Å². The summed E-state index contributed by atoms with van der Waals surface area (Å²) in [6, 6.07) is 1.89. The van der Waals surface area contributed by atoms with Crippen LogP contribution in [0.3, 0.4) is 0 Å². The smallest absolute Gasteiger partial charge is 0.269 e. The van der Waals surface area contributed by atoms with Crippen LogP contribution in [0.5, 0.6) is 0 Å². The zero-order valence-corrected chi connectivity index (χ0v) is 9.39. The van der Waals surface area contributed by atoms with Crippen molar-refractivity contribution in [3.05, 3.63) is 18.0 Å². The maximum Gasteiger partial charge on any atom is 0.269 e. The van der Waals surface area contributed by atoms with Gasteiger partial charge in [0.05, 0.1) is 6.10 Å². The van der Waals surface area contributed by atoms with Crippen molar-refractivity contribution >= 4 is 5.91 Å². The van der Waals surface area contributed by atoms with Crippen molar-refractivity contribution in [2.24, 2.45) is 7.05 Å². The van der Waals surface area contributed by atoms with Crippen molar-refractivity contribution in [1.82, 2.24) is 15.1 Å². The van der Waals surface area contributed by atoms with E-state index in [1.807, 2.05) is 0 Å². The fourth-order valence-corrected chi connectivity index (χ4v) is 2.08. The molecule has 0 radical (unpaired) electrons. The van der Waals surface area contributed by atoms with Crippen molar-refractivity contribution in [2.75, 3.05) is 0 Å². The Kier molecular flexibility index (Phi) is 3.24. The van der Waals surface area contributed by atoms with Crippen molar-refractivity contribution < 1.29 is 9.90 Å². The maximum absolute atomic E-state index is 11.8. The average molecular weight is 223 g/mol. The zero-order chi connectivity index (χ0) is 11.5. The van der Waals surface area contributed by atoms with Crippen LogP contribution in [0.1, 0.15) is 36.2 Å². The molecule has 0 atom stereocenters. The highest BCUT2D eigenvalue weighted by Gasteiger charge is 2.21. The van der Waals surface area contributed by atoms with E-state index in [-0.39, 0.29) is 18.1 Å². The van der Waals surface area contributed by atoms with E-state index < -0.39 is 0 Å². The minimum atomic E-state index is -0.190. The lowest BCUT2D eigenvalue weighted by Crippen LogP contribution is -2.39. The molecular weight excluding hydrogens is 206 g/mol. The predicted molar refractivity (Wildman–Crippen MR) is 58.9 cm³/mol. The highest BCUT2D eigenvalue weighted by Crippen LogP contribution is 2.18. The zero-order valence-electron chi connectivity index (χ0n) is 9.39. The molecule has 5 heteroatoms. The number of nitrogens with one attached hydrogen (secondary N) is 1. The summed E-state index contributed by atoms with van der Waals surface area (Å²) in [6.07, 6.45) is 4.67. The van der Waals surface area contributed by atoms with E-state index in [4.69, 9.17) is 0 Å². The summed E-state index contributed by atoms with van der Waals surface area (Å²) in [5.41, 5.74) is 0.575. The monoisotopic (exact) mass is 223 g/mol. The van der Waals surface area contributed by atoms with Crippen molar-refractivity contribution in [3.63, 3.8) is 0 Å². The molecule has 0 aromatic carbocycles. The first kappa shape index (κ1) is 11.1. The van der Waals surface area contributed by atoms with Crippen molar-refractivity contribution in [3.8, 4) is 0 Å². The molecule has 2 rings (SSSR count). The first-order valence-electron chi connectivity index (χ1n) is 5.64. The Morgan fingerprint density at radius 3 is 2.75 bits per heavy atom. The second-order valence-electron chi connectivity index (χ2n) is 4.32. The van der Waals surface area contributed by atoms with Gasteiger partial charge in [-0.25, -0.2) is 0 Å². The number of amides is 1. The highest BCUT2D eigenvalue weighted by molar-refractivity contribution is 5.92. The molecule has 1 aromatic heterocycles. The topological polar surface area (TPSA) is 67.2 Å². The normalized spacial score (nSPS) is 25.4. The third-order valence-electron chi connectivity index (χ3n) is 3.09. The number of aromatic nitrogens is 2. The lowest BCUT2D eigenvalue weighted by atomic mass is 9.93.